The molecular formula is C15H20N4O2. The lowest BCUT2D eigenvalue weighted by Crippen LogP contribution is -2.55. The minimum atomic E-state index is -0.671. The molecular weight excluding hydrogens is 268 g/mol. The average molecular weight is 288 g/mol. The fourth-order valence-electron chi connectivity index (χ4n) is 3.28. The number of nitrogens with one attached hydrogen (secondary N) is 1. The lowest BCUT2D eigenvalue weighted by molar-refractivity contribution is -0.139. The van der Waals surface area contributed by atoms with Crippen LogP contribution in [0.15, 0.2) is 12.3 Å². The normalized spacial score (nSPS) is 21.5. The highest BCUT2D eigenvalue weighted by atomic mass is 16.2. The number of carbonyl (C=O) groups is 2. The van der Waals surface area contributed by atoms with E-state index in [9.17, 15) is 9.59 Å². The van der Waals surface area contributed by atoms with Crippen LogP contribution < -0.4 is 5.32 Å². The second-order valence-corrected chi connectivity index (χ2v) is 5.91. The number of nitrogens with zero attached hydrogens (tertiary/aromatic N) is 3. The van der Waals surface area contributed by atoms with Crippen molar-refractivity contribution in [1.82, 2.24) is 20.2 Å². The SMILES string of the molecule is Cc1nccc(CN2CCC(=O)NC3(CCCC3)C2=O)n1. The lowest BCUT2D eigenvalue weighted by atomic mass is 9.96. The van der Waals surface area contributed by atoms with Crippen LogP contribution in [0.1, 0.15) is 43.6 Å². The standard InChI is InChI=1S/C15H20N4O2/c1-11-16-8-4-12(17-11)10-19-9-5-13(20)18-15(14(19)21)6-2-3-7-15/h4,8H,2-3,5-7,9-10H2,1H3,(H,18,20). The summed E-state index contributed by atoms with van der Waals surface area (Å²) < 4.78 is 0. The van der Waals surface area contributed by atoms with E-state index in [1.54, 1.807) is 11.1 Å². The summed E-state index contributed by atoms with van der Waals surface area (Å²) >= 11 is 0. The van der Waals surface area contributed by atoms with Gasteiger partial charge in [-0.2, -0.15) is 0 Å². The van der Waals surface area contributed by atoms with Gasteiger partial charge in [0.15, 0.2) is 0 Å². The van der Waals surface area contributed by atoms with Gasteiger partial charge in [-0.15, -0.1) is 0 Å². The Morgan fingerprint density at radius 3 is 2.81 bits per heavy atom. The van der Waals surface area contributed by atoms with Crippen molar-refractivity contribution in [3.63, 3.8) is 0 Å². The van der Waals surface area contributed by atoms with Crippen molar-refractivity contribution in [3.05, 3.63) is 23.8 Å². The molecule has 1 saturated carbocycles. The second-order valence-electron chi connectivity index (χ2n) is 5.91. The van der Waals surface area contributed by atoms with Crippen LogP contribution in [0.25, 0.3) is 0 Å². The predicted octanol–water partition coefficient (Wildman–Crippen LogP) is 0.946. The maximum Gasteiger partial charge on any atom is 0.248 e. The molecule has 0 unspecified atom stereocenters. The smallest absolute Gasteiger partial charge is 0.248 e. The zero-order valence-electron chi connectivity index (χ0n) is 12.3. The Bertz CT molecular complexity index is 567. The molecule has 1 aliphatic carbocycles. The molecule has 0 aromatic carbocycles. The number of aromatic nitrogens is 2. The molecule has 2 fully saturated rings. The third kappa shape index (κ3) is 2.75. The summed E-state index contributed by atoms with van der Waals surface area (Å²) in [7, 11) is 0. The molecule has 3 rings (SSSR count). The van der Waals surface area contributed by atoms with E-state index in [0.717, 1.165) is 31.4 Å². The van der Waals surface area contributed by atoms with E-state index in [4.69, 9.17) is 0 Å². The molecule has 0 bridgehead atoms. The number of rotatable bonds is 2. The Morgan fingerprint density at radius 2 is 2.10 bits per heavy atom. The number of aryl methyl sites for hydroxylation is 1. The fraction of sp³-hybridized carbons (Fsp3) is 0.600. The Hall–Kier alpha value is -1.98. The van der Waals surface area contributed by atoms with Gasteiger partial charge in [-0.3, -0.25) is 9.59 Å². The number of amides is 2. The maximum atomic E-state index is 12.9. The highest BCUT2D eigenvalue weighted by molar-refractivity contribution is 5.93. The largest absolute Gasteiger partial charge is 0.342 e. The van der Waals surface area contributed by atoms with Crippen LogP contribution in [0.4, 0.5) is 0 Å². The highest BCUT2D eigenvalue weighted by Crippen LogP contribution is 2.33. The van der Waals surface area contributed by atoms with Crippen LogP contribution in [-0.4, -0.2) is 38.8 Å². The molecule has 1 aliphatic heterocycles. The van der Waals surface area contributed by atoms with Crippen molar-refractivity contribution in [2.24, 2.45) is 0 Å². The van der Waals surface area contributed by atoms with E-state index in [1.807, 2.05) is 13.0 Å². The molecule has 2 amide bonds. The Morgan fingerprint density at radius 1 is 1.33 bits per heavy atom. The van der Waals surface area contributed by atoms with Gasteiger partial charge < -0.3 is 10.2 Å². The van der Waals surface area contributed by atoms with E-state index in [0.29, 0.717) is 25.3 Å². The first-order valence-electron chi connectivity index (χ1n) is 7.48. The van der Waals surface area contributed by atoms with Gasteiger partial charge in [0.25, 0.3) is 0 Å². The van der Waals surface area contributed by atoms with Crippen LogP contribution in [0, 0.1) is 6.92 Å². The molecule has 2 heterocycles. The minimum Gasteiger partial charge on any atom is -0.342 e. The first-order valence-corrected chi connectivity index (χ1v) is 7.48. The van der Waals surface area contributed by atoms with Gasteiger partial charge in [0, 0.05) is 19.2 Å². The van der Waals surface area contributed by atoms with E-state index < -0.39 is 5.54 Å². The molecule has 112 valence electrons. The van der Waals surface area contributed by atoms with E-state index in [1.165, 1.54) is 0 Å². The topological polar surface area (TPSA) is 75.2 Å². The minimum absolute atomic E-state index is 0.0216. The van der Waals surface area contributed by atoms with Crippen molar-refractivity contribution in [3.8, 4) is 0 Å². The molecule has 6 nitrogen and oxygen atoms in total. The monoisotopic (exact) mass is 288 g/mol. The molecule has 0 radical (unpaired) electrons. The predicted molar refractivity (Wildman–Crippen MR) is 76.1 cm³/mol. The zero-order chi connectivity index (χ0) is 14.9. The van der Waals surface area contributed by atoms with Crippen molar-refractivity contribution in [1.29, 1.82) is 0 Å². The van der Waals surface area contributed by atoms with Crippen LogP contribution >= 0.6 is 0 Å². The fourth-order valence-corrected chi connectivity index (χ4v) is 3.28. The molecule has 1 spiro atoms. The van der Waals surface area contributed by atoms with Gasteiger partial charge in [0.05, 0.1) is 12.2 Å². The molecule has 1 saturated heterocycles. The highest BCUT2D eigenvalue weighted by Gasteiger charge is 2.46. The zero-order valence-corrected chi connectivity index (χ0v) is 12.3. The van der Waals surface area contributed by atoms with Crippen molar-refractivity contribution < 1.29 is 9.59 Å². The Labute approximate surface area is 124 Å². The van der Waals surface area contributed by atoms with Crippen molar-refractivity contribution in [2.75, 3.05) is 6.54 Å². The molecule has 2 aliphatic rings. The van der Waals surface area contributed by atoms with Crippen LogP contribution in [-0.2, 0) is 16.1 Å². The van der Waals surface area contributed by atoms with Crippen LogP contribution in [0.2, 0.25) is 0 Å². The van der Waals surface area contributed by atoms with Crippen molar-refractivity contribution in [2.45, 2.75) is 51.1 Å². The summed E-state index contributed by atoms with van der Waals surface area (Å²) in [6, 6.07) is 1.82. The van der Waals surface area contributed by atoms with Gasteiger partial charge in [0.2, 0.25) is 11.8 Å². The summed E-state index contributed by atoms with van der Waals surface area (Å²) in [4.78, 5) is 35.0. The average Bonchev–Trinajstić information content (AvgIpc) is 2.88. The van der Waals surface area contributed by atoms with Gasteiger partial charge in [-0.25, -0.2) is 9.97 Å². The lowest BCUT2D eigenvalue weighted by Gasteiger charge is -2.31. The third-order valence-electron chi connectivity index (χ3n) is 4.33. The molecule has 1 N–H and O–H groups in total. The summed E-state index contributed by atoms with van der Waals surface area (Å²) in [5.74, 6) is 0.716. The first-order chi connectivity index (χ1) is 10.1. The van der Waals surface area contributed by atoms with Crippen molar-refractivity contribution >= 4 is 11.8 Å². The van der Waals surface area contributed by atoms with Gasteiger partial charge >= 0.3 is 0 Å². The molecule has 1 aromatic heterocycles. The second kappa shape index (κ2) is 5.42. The summed E-state index contributed by atoms with van der Waals surface area (Å²) in [5, 5.41) is 2.97. The van der Waals surface area contributed by atoms with Crippen LogP contribution in [0.5, 0.6) is 0 Å². The van der Waals surface area contributed by atoms with Crippen LogP contribution in [0.3, 0.4) is 0 Å². The van der Waals surface area contributed by atoms with Gasteiger partial charge in [-0.05, 0) is 25.8 Å². The summed E-state index contributed by atoms with van der Waals surface area (Å²) in [6.07, 6.45) is 5.54. The molecule has 21 heavy (non-hydrogen) atoms. The van der Waals surface area contributed by atoms with Gasteiger partial charge in [-0.1, -0.05) is 12.8 Å². The Kier molecular flexibility index (Phi) is 3.61. The first kappa shape index (κ1) is 14.0. The van der Waals surface area contributed by atoms with Gasteiger partial charge in [0.1, 0.15) is 11.4 Å². The van der Waals surface area contributed by atoms with E-state index >= 15 is 0 Å². The quantitative estimate of drug-likeness (QED) is 0.879. The number of carbonyl (C=O) groups excluding carboxylic acids is 2. The molecule has 6 heteroatoms. The Balaban J connectivity index is 1.83. The number of hydrogen-bond acceptors (Lipinski definition) is 4. The summed E-state index contributed by atoms with van der Waals surface area (Å²) in [6.45, 7) is 2.73. The van der Waals surface area contributed by atoms with E-state index in [-0.39, 0.29) is 11.8 Å². The van der Waals surface area contributed by atoms with E-state index in [2.05, 4.69) is 15.3 Å². The maximum absolute atomic E-state index is 12.9. The third-order valence-corrected chi connectivity index (χ3v) is 4.33. The molecule has 1 aromatic rings. The number of hydrogen-bond donors (Lipinski definition) is 1. The summed E-state index contributed by atoms with van der Waals surface area (Å²) in [5.41, 5.74) is 0.147. The molecule has 0 atom stereocenters.